The zero-order chi connectivity index (χ0) is 16.3. The molecule has 0 unspecified atom stereocenters. The van der Waals surface area contributed by atoms with Gasteiger partial charge in [0.15, 0.2) is 0 Å². The van der Waals surface area contributed by atoms with Gasteiger partial charge in [-0.1, -0.05) is 48.8 Å². The third-order valence-corrected chi connectivity index (χ3v) is 4.90. The summed E-state index contributed by atoms with van der Waals surface area (Å²) in [5.74, 6) is 1.32. The number of halogens is 2. The topological polar surface area (TPSA) is 38.1 Å². The van der Waals surface area contributed by atoms with Crippen molar-refractivity contribution in [2.75, 3.05) is 6.61 Å². The Morgan fingerprint density at radius 1 is 1.23 bits per heavy atom. The molecule has 22 heavy (non-hydrogen) atoms. The third-order valence-electron chi connectivity index (χ3n) is 3.32. The Labute approximate surface area is 145 Å². The number of aryl methyl sites for hydroxylation is 1. The van der Waals surface area contributed by atoms with Crippen LogP contribution < -0.4 is 0 Å². The van der Waals surface area contributed by atoms with Gasteiger partial charge in [-0.05, 0) is 30.5 Å². The van der Waals surface area contributed by atoms with Crippen LogP contribution in [0.5, 0.6) is 0 Å². The van der Waals surface area contributed by atoms with Gasteiger partial charge in [0.1, 0.15) is 10.9 Å². The minimum absolute atomic E-state index is 0.177. The molecule has 1 aromatic heterocycles. The molecule has 0 aliphatic rings. The van der Waals surface area contributed by atoms with Gasteiger partial charge >= 0.3 is 0 Å². The summed E-state index contributed by atoms with van der Waals surface area (Å²) in [5.41, 5.74) is 1.07. The highest BCUT2D eigenvalue weighted by Gasteiger charge is 2.18. The second-order valence-electron chi connectivity index (χ2n) is 5.47. The molecule has 2 rings (SSSR count). The van der Waals surface area contributed by atoms with Crippen LogP contribution in [0.15, 0.2) is 28.1 Å². The van der Waals surface area contributed by atoms with Gasteiger partial charge in [-0.3, -0.25) is 0 Å². The Bertz CT molecular complexity index is 636. The molecule has 3 nitrogen and oxygen atoms in total. The lowest BCUT2D eigenvalue weighted by Gasteiger charge is -2.09. The lowest BCUT2D eigenvalue weighted by atomic mass is 10.1. The molecule has 0 fully saturated rings. The highest BCUT2D eigenvalue weighted by atomic mass is 35.5. The van der Waals surface area contributed by atoms with Crippen LogP contribution >= 0.6 is 35.0 Å². The molecule has 0 saturated heterocycles. The van der Waals surface area contributed by atoms with Crippen molar-refractivity contribution in [1.29, 1.82) is 0 Å². The minimum atomic E-state index is 0.177. The van der Waals surface area contributed by atoms with Crippen molar-refractivity contribution in [2.24, 2.45) is 7.05 Å². The van der Waals surface area contributed by atoms with E-state index < -0.39 is 0 Å². The van der Waals surface area contributed by atoms with Crippen LogP contribution in [-0.4, -0.2) is 21.3 Å². The van der Waals surface area contributed by atoms with Crippen LogP contribution in [-0.2, 0) is 13.5 Å². The van der Waals surface area contributed by atoms with Crippen LogP contribution in [0.3, 0.4) is 0 Å². The average Bonchev–Trinajstić information content (AvgIpc) is 2.73. The van der Waals surface area contributed by atoms with Crippen molar-refractivity contribution in [3.63, 3.8) is 0 Å². The van der Waals surface area contributed by atoms with Crippen molar-refractivity contribution in [2.45, 2.75) is 42.5 Å². The Kier molecular flexibility index (Phi) is 6.21. The number of hydrogen-bond donors (Lipinski definition) is 1. The van der Waals surface area contributed by atoms with Gasteiger partial charge in [0.2, 0.25) is 0 Å². The summed E-state index contributed by atoms with van der Waals surface area (Å²) in [6.45, 7) is 4.44. The van der Waals surface area contributed by atoms with Gasteiger partial charge in [-0.15, -0.1) is 0 Å². The van der Waals surface area contributed by atoms with Gasteiger partial charge in [-0.2, -0.15) is 0 Å². The summed E-state index contributed by atoms with van der Waals surface area (Å²) in [7, 11) is 2.01. The van der Waals surface area contributed by atoms with E-state index in [4.69, 9.17) is 33.3 Å². The minimum Gasteiger partial charge on any atom is -0.396 e. The maximum atomic E-state index is 9.03. The van der Waals surface area contributed by atoms with Crippen LogP contribution in [0.1, 0.15) is 37.7 Å². The van der Waals surface area contributed by atoms with Gasteiger partial charge in [0, 0.05) is 35.0 Å². The van der Waals surface area contributed by atoms with E-state index in [1.807, 2.05) is 19.2 Å². The molecule has 0 aliphatic heterocycles. The first-order chi connectivity index (χ1) is 10.4. The molecule has 0 spiro atoms. The lowest BCUT2D eigenvalue weighted by molar-refractivity contribution is 0.287. The number of hydrogen-bond acceptors (Lipinski definition) is 3. The number of aromatic nitrogens is 2. The first-order valence-electron chi connectivity index (χ1n) is 7.22. The van der Waals surface area contributed by atoms with Crippen molar-refractivity contribution in [3.05, 3.63) is 39.8 Å². The number of aliphatic hydroxyl groups is 1. The summed E-state index contributed by atoms with van der Waals surface area (Å²) in [6, 6.07) is 5.54. The Morgan fingerprint density at radius 3 is 2.41 bits per heavy atom. The SMILES string of the molecule is CC(C)c1nc(CCCO)n(C)c1Sc1cc(Cl)cc(Cl)c1. The third kappa shape index (κ3) is 4.19. The highest BCUT2D eigenvalue weighted by Crippen LogP contribution is 2.36. The highest BCUT2D eigenvalue weighted by molar-refractivity contribution is 7.99. The molecule has 0 aliphatic carbocycles. The molecule has 1 N–H and O–H groups in total. The van der Waals surface area contributed by atoms with Gasteiger partial charge in [-0.25, -0.2) is 4.98 Å². The summed E-state index contributed by atoms with van der Waals surface area (Å²) >= 11 is 13.8. The van der Waals surface area contributed by atoms with Crippen LogP contribution in [0.2, 0.25) is 10.0 Å². The second-order valence-corrected chi connectivity index (χ2v) is 7.40. The molecule has 120 valence electrons. The molecule has 0 amide bonds. The van der Waals surface area contributed by atoms with E-state index >= 15 is 0 Å². The molecule has 0 saturated carbocycles. The first-order valence-corrected chi connectivity index (χ1v) is 8.80. The van der Waals surface area contributed by atoms with E-state index in [9.17, 15) is 0 Å². The number of nitrogens with zero attached hydrogens (tertiary/aromatic N) is 2. The fourth-order valence-corrected chi connectivity index (χ4v) is 4.09. The first kappa shape index (κ1) is 17.7. The van der Waals surface area contributed by atoms with E-state index in [1.54, 1.807) is 17.8 Å². The Balaban J connectivity index is 2.37. The molecule has 0 radical (unpaired) electrons. The van der Waals surface area contributed by atoms with E-state index in [2.05, 4.69) is 18.4 Å². The normalized spacial score (nSPS) is 11.4. The predicted octanol–water partition coefficient (Wildman–Crippen LogP) is 4.93. The number of benzene rings is 1. The fraction of sp³-hybridized carbons (Fsp3) is 0.438. The van der Waals surface area contributed by atoms with Crippen molar-refractivity contribution >= 4 is 35.0 Å². The van der Waals surface area contributed by atoms with E-state index in [0.717, 1.165) is 34.3 Å². The number of aliphatic hydroxyl groups excluding tert-OH is 1. The monoisotopic (exact) mass is 358 g/mol. The summed E-state index contributed by atoms with van der Waals surface area (Å²) in [4.78, 5) is 5.75. The van der Waals surface area contributed by atoms with Gasteiger partial charge in [0.25, 0.3) is 0 Å². The van der Waals surface area contributed by atoms with E-state index in [0.29, 0.717) is 16.0 Å². The largest absolute Gasteiger partial charge is 0.396 e. The maximum Gasteiger partial charge on any atom is 0.109 e. The number of rotatable bonds is 6. The summed E-state index contributed by atoms with van der Waals surface area (Å²) in [6.07, 6.45) is 1.49. The summed E-state index contributed by atoms with van der Waals surface area (Å²) < 4.78 is 2.10. The number of imidazole rings is 1. The van der Waals surface area contributed by atoms with Gasteiger partial charge < -0.3 is 9.67 Å². The van der Waals surface area contributed by atoms with E-state index in [-0.39, 0.29) is 6.61 Å². The van der Waals surface area contributed by atoms with Crippen molar-refractivity contribution in [3.8, 4) is 0 Å². The van der Waals surface area contributed by atoms with Gasteiger partial charge in [0.05, 0.1) is 5.69 Å². The second kappa shape index (κ2) is 7.73. The maximum absolute atomic E-state index is 9.03. The van der Waals surface area contributed by atoms with Crippen LogP contribution in [0.25, 0.3) is 0 Å². The average molecular weight is 359 g/mol. The smallest absolute Gasteiger partial charge is 0.109 e. The molecular weight excluding hydrogens is 339 g/mol. The molecule has 6 heteroatoms. The Morgan fingerprint density at radius 2 is 1.86 bits per heavy atom. The molecule has 0 bridgehead atoms. The quantitative estimate of drug-likeness (QED) is 0.795. The van der Waals surface area contributed by atoms with Crippen molar-refractivity contribution in [1.82, 2.24) is 9.55 Å². The summed E-state index contributed by atoms with van der Waals surface area (Å²) in [5, 5.41) is 11.4. The van der Waals surface area contributed by atoms with Crippen molar-refractivity contribution < 1.29 is 5.11 Å². The molecule has 0 atom stereocenters. The standard InChI is InChI=1S/C16H20Cl2N2OS/c1-10(2)15-16(20(3)14(19-15)5-4-6-21)22-13-8-11(17)7-12(18)9-13/h7-10,21H,4-6H2,1-3H3. The zero-order valence-corrected chi connectivity index (χ0v) is 15.3. The predicted molar refractivity (Wildman–Crippen MR) is 93.3 cm³/mol. The fourth-order valence-electron chi connectivity index (χ4n) is 2.21. The molecule has 1 aromatic carbocycles. The Hall–Kier alpha value is -0.680. The zero-order valence-electron chi connectivity index (χ0n) is 12.9. The van der Waals surface area contributed by atoms with E-state index in [1.165, 1.54) is 0 Å². The van der Waals surface area contributed by atoms with Crippen LogP contribution in [0, 0.1) is 0 Å². The lowest BCUT2D eigenvalue weighted by Crippen LogP contribution is -2.00. The molecular formula is C16H20Cl2N2OS. The van der Waals surface area contributed by atoms with Crippen LogP contribution in [0.4, 0.5) is 0 Å². The molecule has 2 aromatic rings. The molecule has 1 heterocycles.